The normalized spacial score (nSPS) is 12.9. The molecule has 1 unspecified atom stereocenters. The summed E-state index contributed by atoms with van der Waals surface area (Å²) >= 11 is 5.84. The molecule has 0 aliphatic rings. The molecule has 1 atom stereocenters. The van der Waals surface area contributed by atoms with Crippen LogP contribution >= 0.6 is 11.6 Å². The van der Waals surface area contributed by atoms with E-state index in [4.69, 9.17) is 25.8 Å². The van der Waals surface area contributed by atoms with E-state index in [1.54, 1.807) is 7.11 Å². The minimum absolute atomic E-state index is 0.275. The van der Waals surface area contributed by atoms with Crippen molar-refractivity contribution in [3.63, 3.8) is 0 Å². The molecular formula is C12H26ClNO3. The number of hydrogen-bond acceptors (Lipinski definition) is 4. The molecular weight excluding hydrogens is 242 g/mol. The van der Waals surface area contributed by atoms with Gasteiger partial charge in [-0.05, 0) is 26.3 Å². The third-order valence-corrected chi connectivity index (χ3v) is 2.40. The van der Waals surface area contributed by atoms with E-state index in [1.807, 2.05) is 6.92 Å². The Morgan fingerprint density at radius 3 is 2.29 bits per heavy atom. The molecule has 0 heterocycles. The molecule has 1 N–H and O–H groups in total. The number of ether oxygens (including phenoxy) is 3. The monoisotopic (exact) mass is 267 g/mol. The molecule has 0 rings (SSSR count). The number of methoxy groups -OCH3 is 1. The van der Waals surface area contributed by atoms with Gasteiger partial charge in [-0.3, -0.25) is 0 Å². The zero-order valence-electron chi connectivity index (χ0n) is 11.0. The van der Waals surface area contributed by atoms with Gasteiger partial charge in [0, 0.05) is 19.0 Å². The number of rotatable bonds is 13. The number of nitrogens with one attached hydrogen (secondary N) is 1. The minimum Gasteiger partial charge on any atom is -0.382 e. The van der Waals surface area contributed by atoms with E-state index >= 15 is 0 Å². The van der Waals surface area contributed by atoms with Gasteiger partial charge in [-0.25, -0.2) is 0 Å². The molecule has 17 heavy (non-hydrogen) atoms. The average molecular weight is 268 g/mol. The third-order valence-electron chi connectivity index (χ3n) is 2.18. The largest absolute Gasteiger partial charge is 0.382 e. The Morgan fingerprint density at radius 1 is 1.00 bits per heavy atom. The molecule has 0 aromatic carbocycles. The Labute approximate surface area is 110 Å². The molecule has 0 radical (unpaired) electrons. The van der Waals surface area contributed by atoms with Gasteiger partial charge in [-0.1, -0.05) is 0 Å². The third kappa shape index (κ3) is 16.1. The first kappa shape index (κ1) is 17.1. The van der Waals surface area contributed by atoms with Crippen LogP contribution in [-0.4, -0.2) is 58.6 Å². The molecule has 0 aliphatic heterocycles. The lowest BCUT2D eigenvalue weighted by molar-refractivity contribution is 0.0256. The molecule has 0 aromatic rings. The fourth-order valence-electron chi connectivity index (χ4n) is 1.24. The highest BCUT2D eigenvalue weighted by atomic mass is 35.5. The van der Waals surface area contributed by atoms with Crippen LogP contribution < -0.4 is 5.32 Å². The maximum Gasteiger partial charge on any atom is 0.0701 e. The van der Waals surface area contributed by atoms with E-state index in [1.165, 1.54) is 0 Å². The van der Waals surface area contributed by atoms with Crippen molar-refractivity contribution in [2.45, 2.75) is 25.1 Å². The topological polar surface area (TPSA) is 39.7 Å². The second-order valence-corrected chi connectivity index (χ2v) is 4.64. The second kappa shape index (κ2) is 14.2. The van der Waals surface area contributed by atoms with Crippen molar-refractivity contribution in [2.24, 2.45) is 0 Å². The highest BCUT2D eigenvalue weighted by molar-refractivity contribution is 6.20. The van der Waals surface area contributed by atoms with Crippen molar-refractivity contribution in [1.29, 1.82) is 0 Å². The summed E-state index contributed by atoms with van der Waals surface area (Å²) < 4.78 is 15.5. The highest BCUT2D eigenvalue weighted by Crippen LogP contribution is 2.01. The first-order chi connectivity index (χ1) is 8.27. The van der Waals surface area contributed by atoms with Crippen LogP contribution in [0.1, 0.15) is 19.8 Å². The number of hydrogen-bond donors (Lipinski definition) is 1. The molecule has 5 heteroatoms. The molecule has 0 fully saturated rings. The van der Waals surface area contributed by atoms with Gasteiger partial charge >= 0.3 is 0 Å². The van der Waals surface area contributed by atoms with Crippen LogP contribution in [-0.2, 0) is 14.2 Å². The van der Waals surface area contributed by atoms with Gasteiger partial charge < -0.3 is 19.5 Å². The van der Waals surface area contributed by atoms with Crippen LogP contribution in [0.25, 0.3) is 0 Å². The van der Waals surface area contributed by atoms with Gasteiger partial charge in [-0.15, -0.1) is 11.6 Å². The SMILES string of the molecule is COCCOCCOCCNCCCC(C)Cl. The molecule has 0 spiro atoms. The van der Waals surface area contributed by atoms with Crippen LogP contribution in [0.3, 0.4) is 0 Å². The lowest BCUT2D eigenvalue weighted by atomic mass is 10.2. The summed E-state index contributed by atoms with van der Waals surface area (Å²) in [6.07, 6.45) is 2.17. The van der Waals surface area contributed by atoms with Crippen molar-refractivity contribution in [3.05, 3.63) is 0 Å². The summed E-state index contributed by atoms with van der Waals surface area (Å²) in [6.45, 7) is 7.18. The van der Waals surface area contributed by atoms with Crippen molar-refractivity contribution < 1.29 is 14.2 Å². The van der Waals surface area contributed by atoms with E-state index in [2.05, 4.69) is 5.32 Å². The van der Waals surface area contributed by atoms with E-state index in [0.717, 1.165) is 32.5 Å². The lowest BCUT2D eigenvalue weighted by Gasteiger charge is -2.07. The Morgan fingerprint density at radius 2 is 1.65 bits per heavy atom. The van der Waals surface area contributed by atoms with Gasteiger partial charge in [-0.2, -0.15) is 0 Å². The van der Waals surface area contributed by atoms with Crippen molar-refractivity contribution in [3.8, 4) is 0 Å². The van der Waals surface area contributed by atoms with E-state index < -0.39 is 0 Å². The summed E-state index contributed by atoms with van der Waals surface area (Å²) in [4.78, 5) is 0. The lowest BCUT2D eigenvalue weighted by Crippen LogP contribution is -2.22. The van der Waals surface area contributed by atoms with Gasteiger partial charge in [0.15, 0.2) is 0 Å². The van der Waals surface area contributed by atoms with Gasteiger partial charge in [0.25, 0.3) is 0 Å². The van der Waals surface area contributed by atoms with Crippen molar-refractivity contribution in [2.75, 3.05) is 53.2 Å². The summed E-state index contributed by atoms with van der Waals surface area (Å²) in [5, 5.41) is 3.58. The smallest absolute Gasteiger partial charge is 0.0701 e. The maximum atomic E-state index is 5.84. The molecule has 0 saturated carbocycles. The molecule has 0 amide bonds. The molecule has 0 saturated heterocycles. The van der Waals surface area contributed by atoms with E-state index in [9.17, 15) is 0 Å². The summed E-state index contributed by atoms with van der Waals surface area (Å²) in [7, 11) is 1.66. The number of alkyl halides is 1. The molecule has 4 nitrogen and oxygen atoms in total. The van der Waals surface area contributed by atoms with Crippen LogP contribution in [0.4, 0.5) is 0 Å². The van der Waals surface area contributed by atoms with Crippen LogP contribution in [0.5, 0.6) is 0 Å². The fourth-order valence-corrected chi connectivity index (χ4v) is 1.40. The summed E-state index contributed by atoms with van der Waals surface area (Å²) in [5.41, 5.74) is 0. The van der Waals surface area contributed by atoms with Crippen molar-refractivity contribution in [1.82, 2.24) is 5.32 Å². The first-order valence-corrected chi connectivity index (χ1v) is 6.70. The minimum atomic E-state index is 0.275. The van der Waals surface area contributed by atoms with Gasteiger partial charge in [0.05, 0.1) is 33.0 Å². The zero-order valence-corrected chi connectivity index (χ0v) is 11.8. The maximum absolute atomic E-state index is 5.84. The highest BCUT2D eigenvalue weighted by Gasteiger charge is 1.95. The Bertz CT molecular complexity index is 148. The second-order valence-electron chi connectivity index (χ2n) is 3.89. The quantitative estimate of drug-likeness (QED) is 0.407. The van der Waals surface area contributed by atoms with E-state index in [-0.39, 0.29) is 5.38 Å². The van der Waals surface area contributed by atoms with Gasteiger partial charge in [0.2, 0.25) is 0 Å². The molecule has 0 aliphatic carbocycles. The summed E-state index contributed by atoms with van der Waals surface area (Å²) in [5.74, 6) is 0. The Balaban J connectivity index is 2.89. The average Bonchev–Trinajstić information content (AvgIpc) is 2.30. The standard InChI is InChI=1S/C12H26ClNO3/c1-12(13)4-3-5-14-6-7-16-10-11-17-9-8-15-2/h12,14H,3-11H2,1-2H3. The Hall–Kier alpha value is 0.130. The Kier molecular flexibility index (Phi) is 14.3. The van der Waals surface area contributed by atoms with Crippen molar-refractivity contribution >= 4 is 11.6 Å². The predicted molar refractivity (Wildman–Crippen MR) is 70.9 cm³/mol. The van der Waals surface area contributed by atoms with Crippen LogP contribution in [0.2, 0.25) is 0 Å². The van der Waals surface area contributed by atoms with E-state index in [0.29, 0.717) is 26.4 Å². The molecule has 0 bridgehead atoms. The van der Waals surface area contributed by atoms with Crippen LogP contribution in [0.15, 0.2) is 0 Å². The fraction of sp³-hybridized carbons (Fsp3) is 1.00. The van der Waals surface area contributed by atoms with Crippen LogP contribution in [0, 0.1) is 0 Å². The zero-order chi connectivity index (χ0) is 12.8. The number of halogens is 1. The van der Waals surface area contributed by atoms with Gasteiger partial charge in [0.1, 0.15) is 0 Å². The molecule has 104 valence electrons. The predicted octanol–water partition coefficient (Wildman–Crippen LogP) is 1.66. The first-order valence-electron chi connectivity index (χ1n) is 6.26. The molecule has 0 aromatic heterocycles. The summed E-state index contributed by atoms with van der Waals surface area (Å²) in [6, 6.07) is 0.